The van der Waals surface area contributed by atoms with Crippen LogP contribution in [0.3, 0.4) is 0 Å². The molecule has 0 radical (unpaired) electrons. The molecule has 0 unspecified atom stereocenters. The standard InChI is InChI=1S/C12H21NO2SSi/c1-10-7-8-11(16(3,14)15)9-12(10)13(2)17(4,5)6/h7-9H,1-6H3. The first-order chi connectivity index (χ1) is 7.53. The van der Waals surface area contributed by atoms with Crippen LogP contribution in [0, 0.1) is 6.92 Å². The Morgan fingerprint density at radius 1 is 1.18 bits per heavy atom. The fourth-order valence-corrected chi connectivity index (χ4v) is 3.15. The Balaban J connectivity index is 3.35. The van der Waals surface area contributed by atoms with Crippen LogP contribution in [0.5, 0.6) is 0 Å². The highest BCUT2D eigenvalue weighted by atomic mass is 32.2. The van der Waals surface area contributed by atoms with Gasteiger partial charge >= 0.3 is 0 Å². The third-order valence-electron chi connectivity index (χ3n) is 2.98. The molecule has 3 nitrogen and oxygen atoms in total. The second-order valence-electron chi connectivity index (χ2n) is 5.45. The van der Waals surface area contributed by atoms with Gasteiger partial charge < -0.3 is 4.57 Å². The fraction of sp³-hybridized carbons (Fsp3) is 0.500. The lowest BCUT2D eigenvalue weighted by molar-refractivity contribution is 0.602. The summed E-state index contributed by atoms with van der Waals surface area (Å²) in [5.74, 6) is 0. The minimum Gasteiger partial charge on any atom is -0.400 e. The Morgan fingerprint density at radius 2 is 1.71 bits per heavy atom. The quantitative estimate of drug-likeness (QED) is 0.793. The molecule has 5 heteroatoms. The van der Waals surface area contributed by atoms with Gasteiger partial charge in [0.25, 0.3) is 0 Å². The minimum atomic E-state index is -3.13. The van der Waals surface area contributed by atoms with Crippen molar-refractivity contribution in [1.82, 2.24) is 0 Å². The predicted molar refractivity (Wildman–Crippen MR) is 76.0 cm³/mol. The van der Waals surface area contributed by atoms with Gasteiger partial charge in [0.1, 0.15) is 8.24 Å². The van der Waals surface area contributed by atoms with E-state index < -0.39 is 18.1 Å². The summed E-state index contributed by atoms with van der Waals surface area (Å²) in [6.07, 6.45) is 1.25. The number of anilines is 1. The Labute approximate surface area is 105 Å². The Hall–Kier alpha value is -0.813. The van der Waals surface area contributed by atoms with Crippen molar-refractivity contribution < 1.29 is 8.42 Å². The van der Waals surface area contributed by atoms with Gasteiger partial charge in [-0.05, 0) is 31.7 Å². The largest absolute Gasteiger partial charge is 0.400 e. The zero-order chi connectivity index (χ0) is 13.4. The molecule has 0 N–H and O–H groups in total. The van der Waals surface area contributed by atoms with Crippen molar-refractivity contribution in [1.29, 1.82) is 0 Å². The lowest BCUT2D eigenvalue weighted by Gasteiger charge is -2.33. The number of benzene rings is 1. The van der Waals surface area contributed by atoms with Crippen LogP contribution in [0.2, 0.25) is 19.6 Å². The van der Waals surface area contributed by atoms with Crippen molar-refractivity contribution in [3.8, 4) is 0 Å². The number of aryl methyl sites for hydroxylation is 1. The Bertz CT molecular complexity index is 518. The van der Waals surface area contributed by atoms with Crippen molar-refractivity contribution in [3.05, 3.63) is 23.8 Å². The highest BCUT2D eigenvalue weighted by molar-refractivity contribution is 7.90. The van der Waals surface area contributed by atoms with Gasteiger partial charge in [0.2, 0.25) is 0 Å². The number of hydrogen-bond donors (Lipinski definition) is 0. The summed E-state index contributed by atoms with van der Waals surface area (Å²) in [6, 6.07) is 5.33. The van der Waals surface area contributed by atoms with Gasteiger partial charge in [-0.2, -0.15) is 0 Å². The first-order valence-corrected chi connectivity index (χ1v) is 10.9. The van der Waals surface area contributed by atoms with Crippen LogP contribution >= 0.6 is 0 Å². The molecule has 0 fully saturated rings. The van der Waals surface area contributed by atoms with Gasteiger partial charge in [-0.15, -0.1) is 0 Å². The number of sulfone groups is 1. The van der Waals surface area contributed by atoms with Gasteiger partial charge in [-0.25, -0.2) is 8.42 Å². The highest BCUT2D eigenvalue weighted by Gasteiger charge is 2.22. The molecule has 0 amide bonds. The number of nitrogens with zero attached hydrogens (tertiary/aromatic N) is 1. The maximum atomic E-state index is 11.6. The zero-order valence-electron chi connectivity index (χ0n) is 11.4. The van der Waals surface area contributed by atoms with E-state index in [1.807, 2.05) is 20.0 Å². The Kier molecular flexibility index (Phi) is 3.74. The molecule has 1 rings (SSSR count). The molecular formula is C12H21NO2SSi. The fourth-order valence-electron chi connectivity index (χ4n) is 1.54. The minimum absolute atomic E-state index is 0.392. The summed E-state index contributed by atoms with van der Waals surface area (Å²) in [5.41, 5.74) is 2.13. The monoisotopic (exact) mass is 271 g/mol. The molecule has 0 saturated carbocycles. The Morgan fingerprint density at radius 3 is 2.12 bits per heavy atom. The topological polar surface area (TPSA) is 37.4 Å². The first kappa shape index (κ1) is 14.2. The normalized spacial score (nSPS) is 12.6. The molecule has 0 heterocycles. The van der Waals surface area contributed by atoms with Crippen LogP contribution in [0.4, 0.5) is 5.69 Å². The van der Waals surface area contributed by atoms with E-state index in [2.05, 4.69) is 24.2 Å². The molecule has 0 aliphatic carbocycles. The average Bonchev–Trinajstić information content (AvgIpc) is 2.14. The van der Waals surface area contributed by atoms with E-state index in [0.717, 1.165) is 11.3 Å². The van der Waals surface area contributed by atoms with Crippen molar-refractivity contribution in [2.24, 2.45) is 0 Å². The van der Waals surface area contributed by atoms with E-state index in [9.17, 15) is 8.42 Å². The summed E-state index contributed by atoms with van der Waals surface area (Å²) in [7, 11) is -2.57. The molecule has 0 atom stereocenters. The summed E-state index contributed by atoms with van der Waals surface area (Å²) in [5, 5.41) is 0. The molecule has 1 aromatic rings. The van der Waals surface area contributed by atoms with E-state index in [4.69, 9.17) is 0 Å². The van der Waals surface area contributed by atoms with Gasteiger partial charge in [0, 0.05) is 11.9 Å². The third kappa shape index (κ3) is 3.32. The van der Waals surface area contributed by atoms with Gasteiger partial charge in [-0.3, -0.25) is 0 Å². The molecule has 0 saturated heterocycles. The van der Waals surface area contributed by atoms with Crippen molar-refractivity contribution in [2.75, 3.05) is 17.9 Å². The van der Waals surface area contributed by atoms with Crippen molar-refractivity contribution in [3.63, 3.8) is 0 Å². The average molecular weight is 271 g/mol. The lowest BCUT2D eigenvalue weighted by atomic mass is 10.2. The maximum absolute atomic E-state index is 11.6. The first-order valence-electron chi connectivity index (χ1n) is 5.58. The summed E-state index contributed by atoms with van der Waals surface area (Å²) in [4.78, 5) is 0.392. The van der Waals surface area contributed by atoms with Crippen LogP contribution in [-0.2, 0) is 9.84 Å². The highest BCUT2D eigenvalue weighted by Crippen LogP contribution is 2.26. The van der Waals surface area contributed by atoms with Crippen LogP contribution in [-0.4, -0.2) is 30.0 Å². The van der Waals surface area contributed by atoms with Crippen LogP contribution < -0.4 is 4.57 Å². The van der Waals surface area contributed by atoms with Gasteiger partial charge in [-0.1, -0.05) is 25.7 Å². The molecule has 96 valence electrons. The molecule has 17 heavy (non-hydrogen) atoms. The predicted octanol–water partition coefficient (Wildman–Crippen LogP) is 2.67. The lowest BCUT2D eigenvalue weighted by Crippen LogP contribution is -2.43. The van der Waals surface area contributed by atoms with Crippen molar-refractivity contribution >= 4 is 23.8 Å². The summed E-state index contributed by atoms with van der Waals surface area (Å²) < 4.78 is 25.4. The zero-order valence-corrected chi connectivity index (χ0v) is 13.2. The second-order valence-corrected chi connectivity index (χ2v) is 12.5. The van der Waals surface area contributed by atoms with Gasteiger partial charge in [0.05, 0.1) is 4.90 Å². The van der Waals surface area contributed by atoms with Crippen LogP contribution in [0.1, 0.15) is 5.56 Å². The van der Waals surface area contributed by atoms with E-state index in [1.165, 1.54) is 6.26 Å². The van der Waals surface area contributed by atoms with Gasteiger partial charge in [0.15, 0.2) is 9.84 Å². The molecule has 0 bridgehead atoms. The molecule has 0 aliphatic heterocycles. The van der Waals surface area contributed by atoms with E-state index in [1.54, 1.807) is 12.1 Å². The maximum Gasteiger partial charge on any atom is 0.175 e. The third-order valence-corrected chi connectivity index (χ3v) is 6.34. The second kappa shape index (κ2) is 4.46. The molecule has 1 aromatic carbocycles. The molecular weight excluding hydrogens is 250 g/mol. The SMILES string of the molecule is Cc1ccc(S(C)(=O)=O)cc1N(C)[Si](C)(C)C. The molecule has 0 aliphatic rings. The van der Waals surface area contributed by atoms with E-state index >= 15 is 0 Å². The van der Waals surface area contributed by atoms with E-state index in [-0.39, 0.29) is 0 Å². The number of rotatable bonds is 3. The van der Waals surface area contributed by atoms with Crippen molar-refractivity contribution in [2.45, 2.75) is 31.5 Å². The van der Waals surface area contributed by atoms with Crippen LogP contribution in [0.15, 0.2) is 23.1 Å². The van der Waals surface area contributed by atoms with E-state index in [0.29, 0.717) is 4.90 Å². The molecule has 0 spiro atoms. The summed E-state index contributed by atoms with van der Waals surface area (Å²) in [6.45, 7) is 8.72. The number of hydrogen-bond acceptors (Lipinski definition) is 3. The smallest absolute Gasteiger partial charge is 0.175 e. The summed E-state index contributed by atoms with van der Waals surface area (Å²) >= 11 is 0. The molecule has 0 aromatic heterocycles. The van der Waals surface area contributed by atoms with Crippen LogP contribution in [0.25, 0.3) is 0 Å².